The largest absolute Gasteiger partial charge is 0.368 e. The van der Waals surface area contributed by atoms with Gasteiger partial charge in [-0.15, -0.1) is 0 Å². The molecular weight excluding hydrogens is 435 g/mol. The van der Waals surface area contributed by atoms with Crippen LogP contribution in [0.2, 0.25) is 0 Å². The Balaban J connectivity index is 1.26. The molecule has 2 aliphatic rings. The first-order valence-corrected chi connectivity index (χ1v) is 12.5. The van der Waals surface area contributed by atoms with Crippen molar-refractivity contribution in [3.8, 4) is 0 Å². The van der Waals surface area contributed by atoms with Crippen LogP contribution in [-0.4, -0.2) is 38.6 Å². The maximum Gasteiger partial charge on any atom is 0.169 e. The molecule has 0 aromatic heterocycles. The molecule has 0 fully saturated rings. The SMILES string of the molecule is CN(Cc1ccc(C2=NCCC2)cc1)c1cccc(N(C)Cc2ccc(C3=NCCC3)cc2)c1F. The summed E-state index contributed by atoms with van der Waals surface area (Å²) in [5, 5.41) is 0. The van der Waals surface area contributed by atoms with Gasteiger partial charge in [-0.25, -0.2) is 4.39 Å². The summed E-state index contributed by atoms with van der Waals surface area (Å²) in [7, 11) is 3.89. The van der Waals surface area contributed by atoms with E-state index in [9.17, 15) is 0 Å². The van der Waals surface area contributed by atoms with Crippen LogP contribution in [0.25, 0.3) is 0 Å². The molecule has 180 valence electrons. The highest BCUT2D eigenvalue weighted by Gasteiger charge is 2.16. The Morgan fingerprint density at radius 1 is 0.657 bits per heavy atom. The van der Waals surface area contributed by atoms with Gasteiger partial charge in [0.25, 0.3) is 0 Å². The normalized spacial score (nSPS) is 15.2. The second-order valence-electron chi connectivity index (χ2n) is 9.58. The molecule has 2 heterocycles. The average Bonchev–Trinajstić information content (AvgIpc) is 3.60. The van der Waals surface area contributed by atoms with Gasteiger partial charge in [-0.1, -0.05) is 54.6 Å². The lowest BCUT2D eigenvalue weighted by atomic mass is 10.0. The molecule has 0 bridgehead atoms. The monoisotopic (exact) mass is 468 g/mol. The summed E-state index contributed by atoms with van der Waals surface area (Å²) in [5.74, 6) is -0.189. The number of rotatable bonds is 8. The highest BCUT2D eigenvalue weighted by Crippen LogP contribution is 2.29. The summed E-state index contributed by atoms with van der Waals surface area (Å²) in [6.07, 6.45) is 4.41. The van der Waals surface area contributed by atoms with Gasteiger partial charge in [-0.2, -0.15) is 0 Å². The highest BCUT2D eigenvalue weighted by molar-refractivity contribution is 6.02. The van der Waals surface area contributed by atoms with Crippen molar-refractivity contribution in [2.45, 2.75) is 38.8 Å². The van der Waals surface area contributed by atoms with Gasteiger partial charge in [0.15, 0.2) is 5.82 Å². The van der Waals surface area contributed by atoms with E-state index in [-0.39, 0.29) is 5.82 Å². The summed E-state index contributed by atoms with van der Waals surface area (Å²) in [6, 6.07) is 22.7. The molecule has 5 rings (SSSR count). The second kappa shape index (κ2) is 10.4. The Hall–Kier alpha value is -3.47. The Labute approximate surface area is 207 Å². The molecular formula is C30H33FN4. The first kappa shape index (κ1) is 23.3. The van der Waals surface area contributed by atoms with Crippen LogP contribution >= 0.6 is 0 Å². The first-order chi connectivity index (χ1) is 17.1. The van der Waals surface area contributed by atoms with Crippen molar-refractivity contribution in [3.63, 3.8) is 0 Å². The molecule has 0 saturated carbocycles. The van der Waals surface area contributed by atoms with Crippen molar-refractivity contribution in [2.24, 2.45) is 9.98 Å². The molecule has 4 nitrogen and oxygen atoms in total. The third-order valence-corrected chi connectivity index (χ3v) is 6.94. The van der Waals surface area contributed by atoms with Crippen molar-refractivity contribution < 1.29 is 4.39 Å². The maximum atomic E-state index is 15.6. The predicted molar refractivity (Wildman–Crippen MR) is 145 cm³/mol. The van der Waals surface area contributed by atoms with E-state index in [1.807, 2.05) is 42.1 Å². The fraction of sp³-hybridized carbons (Fsp3) is 0.333. The molecule has 0 N–H and O–H groups in total. The number of nitrogens with zero attached hydrogens (tertiary/aromatic N) is 4. The van der Waals surface area contributed by atoms with Crippen molar-refractivity contribution in [2.75, 3.05) is 37.0 Å². The minimum absolute atomic E-state index is 0.189. The Morgan fingerprint density at radius 3 is 1.46 bits per heavy atom. The fourth-order valence-electron chi connectivity index (χ4n) is 4.97. The molecule has 2 aliphatic heterocycles. The fourth-order valence-corrected chi connectivity index (χ4v) is 4.97. The Morgan fingerprint density at radius 2 is 1.09 bits per heavy atom. The second-order valence-corrected chi connectivity index (χ2v) is 9.58. The first-order valence-electron chi connectivity index (χ1n) is 12.5. The number of anilines is 2. The molecule has 0 unspecified atom stereocenters. The van der Waals surface area contributed by atoms with E-state index in [0.29, 0.717) is 24.5 Å². The lowest BCUT2D eigenvalue weighted by molar-refractivity contribution is 0.617. The van der Waals surface area contributed by atoms with E-state index in [4.69, 9.17) is 0 Å². The van der Waals surface area contributed by atoms with E-state index in [2.05, 4.69) is 58.5 Å². The summed E-state index contributed by atoms with van der Waals surface area (Å²) < 4.78 is 15.6. The van der Waals surface area contributed by atoms with Gasteiger partial charge < -0.3 is 9.80 Å². The van der Waals surface area contributed by atoms with Crippen LogP contribution in [0.4, 0.5) is 15.8 Å². The van der Waals surface area contributed by atoms with E-state index < -0.39 is 0 Å². The van der Waals surface area contributed by atoms with Crippen LogP contribution in [0.5, 0.6) is 0 Å². The van der Waals surface area contributed by atoms with E-state index in [1.165, 1.54) is 22.6 Å². The molecule has 0 amide bonds. The lowest BCUT2D eigenvalue weighted by Gasteiger charge is -2.25. The van der Waals surface area contributed by atoms with E-state index in [1.54, 1.807) is 0 Å². The summed E-state index contributed by atoms with van der Waals surface area (Å²) in [5.41, 5.74) is 8.32. The number of aliphatic imine (C=N–C) groups is 2. The number of hydrogen-bond acceptors (Lipinski definition) is 4. The summed E-state index contributed by atoms with van der Waals surface area (Å²) in [6.45, 7) is 3.15. The van der Waals surface area contributed by atoms with Gasteiger partial charge in [0, 0.05) is 51.7 Å². The van der Waals surface area contributed by atoms with Crippen LogP contribution in [0.3, 0.4) is 0 Å². The van der Waals surface area contributed by atoms with Gasteiger partial charge in [0.2, 0.25) is 0 Å². The van der Waals surface area contributed by atoms with Crippen molar-refractivity contribution >= 4 is 22.8 Å². The predicted octanol–water partition coefficient (Wildman–Crippen LogP) is 6.26. The van der Waals surface area contributed by atoms with Crippen LogP contribution < -0.4 is 9.80 Å². The summed E-state index contributed by atoms with van der Waals surface area (Å²) in [4.78, 5) is 13.1. The zero-order chi connectivity index (χ0) is 24.2. The third-order valence-electron chi connectivity index (χ3n) is 6.94. The number of benzene rings is 3. The van der Waals surface area contributed by atoms with Crippen molar-refractivity contribution in [3.05, 3.63) is 94.8 Å². The highest BCUT2D eigenvalue weighted by atomic mass is 19.1. The van der Waals surface area contributed by atoms with Gasteiger partial charge in [-0.05, 0) is 60.1 Å². The van der Waals surface area contributed by atoms with E-state index in [0.717, 1.165) is 49.9 Å². The standard InChI is InChI=1S/C30H33FN4/c1-34(20-22-10-14-24(15-11-22)26-6-4-18-32-26)28-8-3-9-29(30(28)31)35(2)21-23-12-16-25(17-13-23)27-7-5-19-33-27/h3,8-17H,4-7,18-21H2,1-2H3. The van der Waals surface area contributed by atoms with Crippen LogP contribution in [0.1, 0.15) is 47.9 Å². The molecule has 3 aromatic rings. The molecule has 0 spiro atoms. The number of hydrogen-bond donors (Lipinski definition) is 0. The van der Waals surface area contributed by atoms with Crippen LogP contribution in [0.15, 0.2) is 76.7 Å². The molecule has 0 aliphatic carbocycles. The van der Waals surface area contributed by atoms with Crippen molar-refractivity contribution in [1.82, 2.24) is 0 Å². The Bertz CT molecular complexity index is 1130. The number of halogens is 1. The molecule has 0 atom stereocenters. The molecule has 0 saturated heterocycles. The third kappa shape index (κ3) is 5.29. The molecule has 3 aromatic carbocycles. The zero-order valence-corrected chi connectivity index (χ0v) is 20.7. The maximum absolute atomic E-state index is 15.6. The van der Waals surface area contributed by atoms with Crippen LogP contribution in [0, 0.1) is 5.82 Å². The summed E-state index contributed by atoms with van der Waals surface area (Å²) >= 11 is 0. The minimum atomic E-state index is -0.189. The minimum Gasteiger partial charge on any atom is -0.368 e. The molecule has 5 heteroatoms. The lowest BCUT2D eigenvalue weighted by Crippen LogP contribution is -2.21. The van der Waals surface area contributed by atoms with E-state index >= 15 is 4.39 Å². The smallest absolute Gasteiger partial charge is 0.169 e. The van der Waals surface area contributed by atoms with Crippen LogP contribution in [-0.2, 0) is 13.1 Å². The van der Waals surface area contributed by atoms with Gasteiger partial charge in [-0.3, -0.25) is 9.98 Å². The Kier molecular flexibility index (Phi) is 6.94. The van der Waals surface area contributed by atoms with Gasteiger partial charge in [0.1, 0.15) is 0 Å². The average molecular weight is 469 g/mol. The molecule has 35 heavy (non-hydrogen) atoms. The topological polar surface area (TPSA) is 31.2 Å². The zero-order valence-electron chi connectivity index (χ0n) is 20.7. The quantitative estimate of drug-likeness (QED) is 0.390. The van der Waals surface area contributed by atoms with Gasteiger partial charge in [0.05, 0.1) is 11.4 Å². The van der Waals surface area contributed by atoms with Crippen molar-refractivity contribution in [1.29, 1.82) is 0 Å². The molecule has 0 radical (unpaired) electrons. The van der Waals surface area contributed by atoms with Gasteiger partial charge >= 0.3 is 0 Å².